The van der Waals surface area contributed by atoms with Gasteiger partial charge in [-0.15, -0.1) is 0 Å². The predicted molar refractivity (Wildman–Crippen MR) is 130 cm³/mol. The normalized spacial score (nSPS) is 24.8. The number of aromatic nitrogens is 2. The summed E-state index contributed by atoms with van der Waals surface area (Å²) in [5.41, 5.74) is 1.41. The topological polar surface area (TPSA) is 62.3 Å². The fourth-order valence-electron chi connectivity index (χ4n) is 5.56. The Morgan fingerprint density at radius 2 is 1.94 bits per heavy atom. The van der Waals surface area contributed by atoms with Crippen molar-refractivity contribution >= 4 is 12.7 Å². The first-order valence-electron chi connectivity index (χ1n) is 11.6. The van der Waals surface area contributed by atoms with E-state index in [9.17, 15) is 0 Å². The highest BCUT2D eigenvalue weighted by Gasteiger charge is 2.61. The number of nitrogens with two attached hydrogens (primary N) is 1. The van der Waals surface area contributed by atoms with Gasteiger partial charge in [0.05, 0.1) is 23.1 Å². The van der Waals surface area contributed by atoms with Gasteiger partial charge in [0.2, 0.25) is 0 Å². The Morgan fingerprint density at radius 1 is 1.26 bits per heavy atom. The first-order valence-corrected chi connectivity index (χ1v) is 11.6. The van der Waals surface area contributed by atoms with Crippen molar-refractivity contribution in [3.63, 3.8) is 0 Å². The third-order valence-corrected chi connectivity index (χ3v) is 7.25. The zero-order valence-corrected chi connectivity index (χ0v) is 19.8. The van der Waals surface area contributed by atoms with Crippen LogP contribution in [-0.4, -0.2) is 45.6 Å². The van der Waals surface area contributed by atoms with E-state index in [2.05, 4.69) is 34.9 Å². The van der Waals surface area contributed by atoms with Gasteiger partial charge in [0.25, 0.3) is 0 Å². The smallest absolute Gasteiger partial charge is 0.147 e. The van der Waals surface area contributed by atoms with E-state index < -0.39 is 0 Å². The number of imidazole rings is 1. The van der Waals surface area contributed by atoms with E-state index in [-0.39, 0.29) is 5.41 Å². The lowest BCUT2D eigenvalue weighted by Gasteiger charge is -2.53. The molecule has 1 saturated carbocycles. The van der Waals surface area contributed by atoms with Gasteiger partial charge in [-0.1, -0.05) is 58.6 Å². The lowest BCUT2D eigenvalue weighted by molar-refractivity contribution is 0.00623. The Balaban J connectivity index is 0.00000132. The molecule has 2 atom stereocenters. The first-order chi connectivity index (χ1) is 14.9. The molecule has 6 heteroatoms. The molecule has 0 bridgehead atoms. The lowest BCUT2D eigenvalue weighted by Crippen LogP contribution is -2.60. The van der Waals surface area contributed by atoms with Gasteiger partial charge < -0.3 is 21.0 Å². The van der Waals surface area contributed by atoms with Crippen LogP contribution in [0.1, 0.15) is 52.3 Å². The molecule has 1 aromatic rings. The van der Waals surface area contributed by atoms with E-state index >= 15 is 0 Å². The van der Waals surface area contributed by atoms with Crippen molar-refractivity contribution in [3.8, 4) is 0 Å². The van der Waals surface area contributed by atoms with Crippen LogP contribution in [0.15, 0.2) is 36.8 Å². The van der Waals surface area contributed by atoms with Crippen molar-refractivity contribution in [3.05, 3.63) is 53.4 Å². The van der Waals surface area contributed by atoms with Gasteiger partial charge in [0.1, 0.15) is 5.82 Å². The molecule has 0 radical (unpaired) electrons. The van der Waals surface area contributed by atoms with Gasteiger partial charge in [-0.05, 0) is 31.8 Å². The summed E-state index contributed by atoms with van der Waals surface area (Å²) in [5, 5.41) is 4.77. The second-order valence-electron chi connectivity index (χ2n) is 8.66. The molecular formula is C25H40N6. The molecule has 0 amide bonds. The number of nitrogen functional groups attached to an aromatic ring is 1. The van der Waals surface area contributed by atoms with Crippen molar-refractivity contribution in [1.29, 1.82) is 0 Å². The van der Waals surface area contributed by atoms with Gasteiger partial charge in [-0.3, -0.25) is 0 Å². The molecule has 3 heterocycles. The number of rotatable bonds is 5. The van der Waals surface area contributed by atoms with Gasteiger partial charge in [-0.2, -0.15) is 0 Å². The minimum Gasteiger partial charge on any atom is -0.375 e. The highest BCUT2D eigenvalue weighted by Crippen LogP contribution is 2.58. The molecule has 1 aliphatic carbocycles. The van der Waals surface area contributed by atoms with Gasteiger partial charge in [0.15, 0.2) is 0 Å². The summed E-state index contributed by atoms with van der Waals surface area (Å²) in [4.78, 5) is 9.61. The van der Waals surface area contributed by atoms with Gasteiger partial charge in [0, 0.05) is 37.3 Å². The van der Waals surface area contributed by atoms with Crippen molar-refractivity contribution in [2.24, 2.45) is 11.3 Å². The Hall–Kier alpha value is -2.63. The van der Waals surface area contributed by atoms with E-state index in [0.717, 1.165) is 35.4 Å². The fourth-order valence-corrected chi connectivity index (χ4v) is 5.56. The molecule has 6 nitrogen and oxygen atoms in total. The van der Waals surface area contributed by atoms with E-state index in [4.69, 9.17) is 10.8 Å². The molecule has 170 valence electrons. The summed E-state index contributed by atoms with van der Waals surface area (Å²) < 4.78 is 1.64. The maximum absolute atomic E-state index is 6.32. The molecule has 3 fully saturated rings. The predicted octanol–water partition coefficient (Wildman–Crippen LogP) is 2.27. The minimum absolute atomic E-state index is 0.157. The van der Waals surface area contributed by atoms with Crippen LogP contribution in [0.2, 0.25) is 0 Å². The molecule has 2 unspecified atom stereocenters. The molecule has 2 saturated heterocycles. The number of hydrogen-bond donors (Lipinski definition) is 2. The number of hydrogen-bond acceptors (Lipinski definition) is 5. The maximum atomic E-state index is 6.32. The molecule has 2 aliphatic heterocycles. The summed E-state index contributed by atoms with van der Waals surface area (Å²) >= 11 is 0. The quantitative estimate of drug-likeness (QED) is 0.710. The second kappa shape index (κ2) is 9.25. The van der Waals surface area contributed by atoms with Crippen molar-refractivity contribution < 1.29 is 0 Å². The molecule has 31 heavy (non-hydrogen) atoms. The van der Waals surface area contributed by atoms with E-state index in [1.165, 1.54) is 31.4 Å². The second-order valence-corrected chi connectivity index (χ2v) is 8.66. The zero-order valence-electron chi connectivity index (χ0n) is 19.8. The number of likely N-dealkylation sites (tertiary alicyclic amines) is 2. The fraction of sp³-hybridized carbons (Fsp3) is 0.560. The Kier molecular flexibility index (Phi) is 6.87. The van der Waals surface area contributed by atoms with Crippen molar-refractivity contribution in [2.75, 3.05) is 26.0 Å². The Bertz CT molecular complexity index is 949. The van der Waals surface area contributed by atoms with Crippen LogP contribution in [0.25, 0.3) is 12.7 Å². The minimum atomic E-state index is 0.157. The highest BCUT2D eigenvalue weighted by atomic mass is 15.4. The van der Waals surface area contributed by atoms with Crippen LogP contribution < -0.4 is 21.9 Å². The molecule has 3 aliphatic rings. The van der Waals surface area contributed by atoms with E-state index in [0.29, 0.717) is 18.5 Å². The third-order valence-electron chi connectivity index (χ3n) is 7.25. The van der Waals surface area contributed by atoms with Crippen molar-refractivity contribution in [2.45, 2.75) is 59.0 Å². The molecule has 3 N–H and O–H groups in total. The largest absolute Gasteiger partial charge is 0.375 e. The van der Waals surface area contributed by atoms with Crippen LogP contribution in [-0.2, 0) is 6.54 Å². The number of allylic oxidation sites excluding steroid dienone is 2. The van der Waals surface area contributed by atoms with E-state index in [1.54, 1.807) is 4.68 Å². The van der Waals surface area contributed by atoms with Crippen LogP contribution in [0.3, 0.4) is 0 Å². The highest BCUT2D eigenvalue weighted by molar-refractivity contribution is 5.35. The maximum Gasteiger partial charge on any atom is 0.147 e. The molecule has 4 rings (SSSR count). The number of fused-ring (bicyclic) bond motifs is 2. The van der Waals surface area contributed by atoms with Gasteiger partial charge in [-0.25, -0.2) is 9.66 Å². The van der Waals surface area contributed by atoms with Crippen LogP contribution >= 0.6 is 0 Å². The van der Waals surface area contributed by atoms with Crippen LogP contribution in [0.4, 0.5) is 0 Å². The number of nitrogens with zero attached hydrogens (tertiary/aromatic N) is 4. The van der Waals surface area contributed by atoms with Crippen molar-refractivity contribution in [1.82, 2.24) is 24.8 Å². The summed E-state index contributed by atoms with van der Waals surface area (Å²) in [6, 6.07) is 0.522. The van der Waals surface area contributed by atoms with Crippen LogP contribution in [0, 0.1) is 11.3 Å². The summed E-state index contributed by atoms with van der Waals surface area (Å²) in [6.07, 6.45) is 11.0. The summed E-state index contributed by atoms with van der Waals surface area (Å²) in [7, 11) is 1.94. The summed E-state index contributed by atoms with van der Waals surface area (Å²) in [6.45, 7) is 21.5. The van der Waals surface area contributed by atoms with E-state index in [1.807, 2.05) is 46.0 Å². The standard InChI is InChI=1S/C23H34N6.C2H6/c1-6-7-11-20-16(2)29(24)22(26-20)13-28-17(3)23(14-27(15-23)18(4)25-5)19-10-8-9-12-21(19)28;1-2/h6-7,11,19,21,25H,2-4,8-10,12-15,24H2,1,5H3;1-2H3/b7-6-,20-11+;. The Morgan fingerprint density at radius 3 is 2.58 bits per heavy atom. The molecule has 1 spiro atoms. The summed E-state index contributed by atoms with van der Waals surface area (Å²) in [5.74, 6) is 8.82. The SMILES string of the molecule is C=C(NC)N1CC2(C1)C(=C)N(Cc1n/c(=C/C=C\C)c(=C)n1N)C1CCCCC12.CC. The number of nitrogens with one attached hydrogen (secondary N) is 1. The van der Waals surface area contributed by atoms with Gasteiger partial charge >= 0.3 is 0 Å². The van der Waals surface area contributed by atoms with Crippen LogP contribution in [0.5, 0.6) is 0 Å². The average molecular weight is 425 g/mol. The molecule has 0 aromatic carbocycles. The zero-order chi connectivity index (χ0) is 22.8. The first kappa shape index (κ1) is 23.0. The Labute approximate surface area is 187 Å². The third kappa shape index (κ3) is 3.77. The monoisotopic (exact) mass is 424 g/mol. The molecule has 1 aromatic heterocycles. The lowest BCUT2D eigenvalue weighted by atomic mass is 9.64. The average Bonchev–Trinajstić information content (AvgIpc) is 3.18. The molecular weight excluding hydrogens is 384 g/mol.